The van der Waals surface area contributed by atoms with Crippen molar-refractivity contribution in [2.24, 2.45) is 9.98 Å². The topological polar surface area (TPSA) is 150 Å². The Hall–Kier alpha value is -5.08. The zero-order valence-corrected chi connectivity index (χ0v) is 25.3. The maximum Gasteiger partial charge on any atom is 2.00 e. The third-order valence-corrected chi connectivity index (χ3v) is 5.94. The minimum Gasteiger partial charge on any atom is -0.857 e. The molecule has 1 heterocycles. The second-order valence-corrected chi connectivity index (χ2v) is 8.41. The molecule has 0 amide bonds. The van der Waals surface area contributed by atoms with Crippen LogP contribution in [-0.4, -0.2) is 31.0 Å². The first kappa shape index (κ1) is 34.1. The molecule has 0 spiro atoms. The molecule has 0 saturated heterocycles. The monoisotopic (exact) mass is 669 g/mol. The van der Waals surface area contributed by atoms with Gasteiger partial charge in [-0.2, -0.15) is 10.5 Å². The van der Waals surface area contributed by atoms with Gasteiger partial charge in [0.25, 0.3) is 0 Å². The Labute approximate surface area is 262 Å². The summed E-state index contributed by atoms with van der Waals surface area (Å²) in [7, 11) is 2.88. The van der Waals surface area contributed by atoms with Gasteiger partial charge in [-0.3, -0.25) is 9.98 Å². The summed E-state index contributed by atoms with van der Waals surface area (Å²) in [5, 5.41) is 42.9. The molecule has 0 aliphatic rings. The average molecular weight is 670 g/mol. The summed E-state index contributed by atoms with van der Waals surface area (Å²) < 4.78 is 25.5. The van der Waals surface area contributed by atoms with E-state index >= 15 is 0 Å². The van der Waals surface area contributed by atoms with E-state index in [1.807, 2.05) is 6.92 Å². The number of methoxy groups -OCH3 is 2. The molecule has 0 N–H and O–H groups in total. The van der Waals surface area contributed by atoms with E-state index in [0.29, 0.717) is 40.2 Å². The number of halogens is 1. The molecule has 220 valence electrons. The van der Waals surface area contributed by atoms with Crippen molar-refractivity contribution in [3.63, 3.8) is 0 Å². The third kappa shape index (κ3) is 8.02. The Morgan fingerprint density at radius 1 is 0.814 bits per heavy atom. The first-order valence-electron chi connectivity index (χ1n) is 12.6. The molecule has 9 nitrogen and oxygen atoms in total. The summed E-state index contributed by atoms with van der Waals surface area (Å²) in [6.07, 6.45) is 0.352. The molecule has 0 atom stereocenters. The van der Waals surface area contributed by atoms with E-state index < -0.39 is 17.6 Å². The second kappa shape index (κ2) is 16.4. The van der Waals surface area contributed by atoms with Crippen molar-refractivity contribution in [3.05, 3.63) is 101 Å². The van der Waals surface area contributed by atoms with Crippen molar-refractivity contribution in [1.82, 2.24) is 4.98 Å². The van der Waals surface area contributed by atoms with Gasteiger partial charge in [-0.1, -0.05) is 43.3 Å². The zero-order valence-electron chi connectivity index (χ0n) is 23.7. The second-order valence-electron chi connectivity index (χ2n) is 8.41. The molecular formula is C32H26FN5O4Pd. The van der Waals surface area contributed by atoms with E-state index in [0.717, 1.165) is 0 Å². The molecule has 0 radical (unpaired) electrons. The van der Waals surface area contributed by atoms with Gasteiger partial charge in [-0.25, -0.2) is 9.37 Å². The van der Waals surface area contributed by atoms with Gasteiger partial charge in [-0.15, -0.1) is 0 Å². The summed E-state index contributed by atoms with van der Waals surface area (Å²) in [5.41, 5.74) is 1.86. The van der Waals surface area contributed by atoms with E-state index in [1.54, 1.807) is 54.6 Å². The number of nitriles is 2. The van der Waals surface area contributed by atoms with Gasteiger partial charge in [0.2, 0.25) is 0 Å². The van der Waals surface area contributed by atoms with Crippen LogP contribution in [0.5, 0.6) is 11.5 Å². The van der Waals surface area contributed by atoms with Gasteiger partial charge in [0, 0.05) is 18.7 Å². The Morgan fingerprint density at radius 3 is 1.88 bits per heavy atom. The molecule has 0 fully saturated rings. The minimum atomic E-state index is -0.834. The van der Waals surface area contributed by atoms with Crippen LogP contribution in [0.3, 0.4) is 0 Å². The van der Waals surface area contributed by atoms with Crippen LogP contribution in [0.4, 0.5) is 15.8 Å². The van der Waals surface area contributed by atoms with Gasteiger partial charge >= 0.3 is 20.4 Å². The molecule has 43 heavy (non-hydrogen) atoms. The fraction of sp³-hybridized carbons (Fsp3) is 0.156. The Morgan fingerprint density at radius 2 is 1.35 bits per heavy atom. The van der Waals surface area contributed by atoms with Crippen LogP contribution in [0.1, 0.15) is 36.4 Å². The first-order chi connectivity index (χ1) is 20.3. The number of pyridine rings is 1. The predicted molar refractivity (Wildman–Crippen MR) is 153 cm³/mol. The molecule has 0 aliphatic carbocycles. The molecular weight excluding hydrogens is 644 g/mol. The standard InChI is InChI=1S/C30H25FN4O4.C2H3N.Pd/c1-4-19-21(20-10-6-5-9-18(20)17-32)15-16-22(31)27(19)34-29(36)23-11-7-12-24(33-23)30(37)35-28-25(38-2)13-8-14-26(28)39-3;1-2-3;/h5-16H,4H2,1-3H3,(H,34,36)(H,35,37);1H3;/q;;+2/p-2. The summed E-state index contributed by atoms with van der Waals surface area (Å²) >= 11 is 0. The molecule has 3 aromatic carbocycles. The molecule has 1 aromatic heterocycles. The zero-order chi connectivity index (χ0) is 30.6. The van der Waals surface area contributed by atoms with Crippen molar-refractivity contribution >= 4 is 23.2 Å². The molecule has 11 heteroatoms. The van der Waals surface area contributed by atoms with Crippen LogP contribution in [0, 0.1) is 28.5 Å². The van der Waals surface area contributed by atoms with Crippen LogP contribution in [-0.2, 0) is 26.8 Å². The summed E-state index contributed by atoms with van der Waals surface area (Å²) in [6.45, 7) is 3.24. The maximum atomic E-state index is 15.0. The van der Waals surface area contributed by atoms with Crippen molar-refractivity contribution in [2.75, 3.05) is 14.2 Å². The third-order valence-electron chi connectivity index (χ3n) is 5.94. The Balaban J connectivity index is 0.00000155. The molecule has 0 aliphatic heterocycles. The molecule has 4 rings (SSSR count). The number of hydrogen-bond donors (Lipinski definition) is 0. The van der Waals surface area contributed by atoms with Gasteiger partial charge in [-0.05, 0) is 59.5 Å². The van der Waals surface area contributed by atoms with Crippen molar-refractivity contribution in [1.29, 1.82) is 10.5 Å². The van der Waals surface area contributed by atoms with Crippen molar-refractivity contribution < 1.29 is 44.5 Å². The van der Waals surface area contributed by atoms with Crippen LogP contribution in [0.2, 0.25) is 0 Å². The average Bonchev–Trinajstić information content (AvgIpc) is 3.02. The van der Waals surface area contributed by atoms with Crippen LogP contribution in [0.15, 0.2) is 82.8 Å². The number of aromatic nitrogens is 1. The number of para-hydroxylation sites is 1. The number of ether oxygens (including phenoxy) is 2. The van der Waals surface area contributed by atoms with Gasteiger partial charge in [0.15, 0.2) is 0 Å². The van der Waals surface area contributed by atoms with Crippen LogP contribution in [0.25, 0.3) is 11.1 Å². The van der Waals surface area contributed by atoms with E-state index in [1.165, 1.54) is 45.4 Å². The van der Waals surface area contributed by atoms with Crippen LogP contribution < -0.4 is 19.7 Å². The number of aliphatic imine (C=N–C) groups is 2. The first-order valence-corrected chi connectivity index (χ1v) is 12.6. The Bertz CT molecular complexity index is 1710. The summed E-state index contributed by atoms with van der Waals surface area (Å²) in [6, 6.07) is 22.8. The number of hydrogen-bond acceptors (Lipinski definition) is 9. The number of benzene rings is 3. The van der Waals surface area contributed by atoms with E-state index in [9.17, 15) is 19.9 Å². The fourth-order valence-electron chi connectivity index (χ4n) is 4.09. The smallest absolute Gasteiger partial charge is 0.857 e. The van der Waals surface area contributed by atoms with Crippen molar-refractivity contribution in [3.8, 4) is 34.8 Å². The predicted octanol–water partition coefficient (Wildman–Crippen LogP) is 4.74. The van der Waals surface area contributed by atoms with E-state index in [2.05, 4.69) is 21.0 Å². The SMILES string of the molecule is CC#N.CCc1c(-c2ccccc2C#N)ccc(F)c1N=C([O-])c1cccc(C([O-])=Nc2c(OC)cccc2OC)n1.[Pd+2]. The van der Waals surface area contributed by atoms with E-state index in [4.69, 9.17) is 14.7 Å². The van der Waals surface area contributed by atoms with Gasteiger partial charge in [0.1, 0.15) is 28.7 Å². The molecule has 0 bridgehead atoms. The maximum absolute atomic E-state index is 15.0. The van der Waals surface area contributed by atoms with E-state index in [-0.39, 0.29) is 43.2 Å². The number of nitrogens with zero attached hydrogens (tertiary/aromatic N) is 5. The minimum absolute atomic E-state index is 0. The quantitative estimate of drug-likeness (QED) is 0.149. The molecule has 0 saturated carbocycles. The summed E-state index contributed by atoms with van der Waals surface area (Å²) in [5.74, 6) is -1.61. The van der Waals surface area contributed by atoms with Gasteiger partial charge in [0.05, 0.1) is 43.3 Å². The van der Waals surface area contributed by atoms with Gasteiger partial charge < -0.3 is 19.7 Å². The summed E-state index contributed by atoms with van der Waals surface area (Å²) in [4.78, 5) is 12.3. The fourth-order valence-corrected chi connectivity index (χ4v) is 4.09. The van der Waals surface area contributed by atoms with Crippen LogP contribution >= 0.6 is 0 Å². The number of rotatable bonds is 8. The molecule has 4 aromatic rings. The van der Waals surface area contributed by atoms with Crippen molar-refractivity contribution in [2.45, 2.75) is 20.3 Å². The largest absolute Gasteiger partial charge is 2.00 e. The molecule has 0 unspecified atom stereocenters. The normalized spacial score (nSPS) is 10.8. The Kier molecular flexibility index (Phi) is 13.0.